The second-order valence-corrected chi connectivity index (χ2v) is 11.4. The van der Waals surface area contributed by atoms with Crippen LogP contribution in [0.1, 0.15) is 40.5 Å². The molecule has 1 atom stereocenters. The van der Waals surface area contributed by atoms with E-state index in [-0.39, 0.29) is 12.5 Å². The van der Waals surface area contributed by atoms with Crippen LogP contribution in [-0.4, -0.2) is 63.9 Å². The molecule has 0 aromatic carbocycles. The minimum atomic E-state index is -3.60. The van der Waals surface area contributed by atoms with E-state index in [1.54, 1.807) is 13.8 Å². The number of carbonyl (C=O) groups excluding carboxylic acids is 1. The van der Waals surface area contributed by atoms with Gasteiger partial charge in [-0.3, -0.25) is 4.79 Å². The Hall–Kier alpha value is -0.710. The summed E-state index contributed by atoms with van der Waals surface area (Å²) in [5.41, 5.74) is 0. The van der Waals surface area contributed by atoms with Crippen molar-refractivity contribution < 1.29 is 26.4 Å². The van der Waals surface area contributed by atoms with Gasteiger partial charge in [-0.1, -0.05) is 13.8 Å². The molecule has 0 radical (unpaired) electrons. The summed E-state index contributed by atoms with van der Waals surface area (Å²) in [5.74, 6) is -1.11. The van der Waals surface area contributed by atoms with Gasteiger partial charge in [-0.25, -0.2) is 25.9 Å². The zero-order valence-electron chi connectivity index (χ0n) is 14.9. The van der Waals surface area contributed by atoms with Crippen molar-refractivity contribution >= 4 is 26.0 Å². The summed E-state index contributed by atoms with van der Waals surface area (Å²) in [4.78, 5) is 12.2. The Labute approximate surface area is 145 Å². The average molecular weight is 385 g/mol. The van der Waals surface area contributed by atoms with Crippen LogP contribution in [0.5, 0.6) is 0 Å². The van der Waals surface area contributed by atoms with Gasteiger partial charge in [-0.15, -0.1) is 0 Å². The molecule has 1 N–H and O–H groups in total. The van der Waals surface area contributed by atoms with Crippen LogP contribution in [0.4, 0.5) is 0 Å². The summed E-state index contributed by atoms with van der Waals surface area (Å²) < 4.78 is 55.5. The van der Waals surface area contributed by atoms with Gasteiger partial charge in [-0.05, 0) is 32.6 Å². The molecule has 0 amide bonds. The molecule has 0 saturated carbocycles. The minimum absolute atomic E-state index is 0.328. The second kappa shape index (κ2) is 7.67. The largest absolute Gasteiger partial charge is 0.463 e. The van der Waals surface area contributed by atoms with Crippen LogP contribution in [-0.2, 0) is 29.6 Å². The maximum atomic E-state index is 12.6. The summed E-state index contributed by atoms with van der Waals surface area (Å²) in [6, 6.07) is -1.05. The maximum Gasteiger partial charge on any atom is 0.324 e. The third-order valence-electron chi connectivity index (χ3n) is 3.93. The van der Waals surface area contributed by atoms with Crippen molar-refractivity contribution in [2.24, 2.45) is 5.92 Å². The van der Waals surface area contributed by atoms with Crippen LogP contribution in [0.15, 0.2) is 0 Å². The predicted octanol–water partition coefficient (Wildman–Crippen LogP) is 0.308. The Morgan fingerprint density at radius 3 is 2.08 bits per heavy atom. The van der Waals surface area contributed by atoms with Crippen LogP contribution in [0.2, 0.25) is 0 Å². The first kappa shape index (κ1) is 21.3. The fraction of sp³-hybridized carbons (Fsp3) is 0.929. The van der Waals surface area contributed by atoms with Crippen molar-refractivity contribution in [2.45, 2.75) is 51.3 Å². The topological polar surface area (TPSA) is 110 Å². The Balaban J connectivity index is 2.79. The second-order valence-electron chi connectivity index (χ2n) is 7.09. The summed E-state index contributed by atoms with van der Waals surface area (Å²) in [7, 11) is -7.18. The number of esters is 1. The Morgan fingerprint density at radius 1 is 1.17 bits per heavy atom. The fourth-order valence-corrected chi connectivity index (χ4v) is 4.85. The summed E-state index contributed by atoms with van der Waals surface area (Å²) in [6.45, 7) is 6.98. The summed E-state index contributed by atoms with van der Waals surface area (Å²) >= 11 is 0. The Morgan fingerprint density at radius 2 is 1.67 bits per heavy atom. The average Bonchev–Trinajstić information content (AvgIpc) is 2.95. The fourth-order valence-electron chi connectivity index (χ4n) is 2.37. The lowest BCUT2D eigenvalue weighted by molar-refractivity contribution is -0.147. The lowest BCUT2D eigenvalue weighted by Gasteiger charge is -2.30. The molecule has 0 aromatic rings. The number of carbonyl (C=O) groups is 1. The number of hydrogen-bond acceptors (Lipinski definition) is 6. The first-order chi connectivity index (χ1) is 10.8. The molecule has 1 saturated heterocycles. The molecular formula is C14H28N2O6S2. The van der Waals surface area contributed by atoms with E-state index in [4.69, 9.17) is 4.74 Å². The van der Waals surface area contributed by atoms with Gasteiger partial charge < -0.3 is 4.74 Å². The van der Waals surface area contributed by atoms with Crippen LogP contribution >= 0.6 is 0 Å². The Bertz CT molecular complexity index is 649. The van der Waals surface area contributed by atoms with Crippen molar-refractivity contribution in [3.8, 4) is 0 Å². The minimum Gasteiger partial charge on any atom is -0.463 e. The van der Waals surface area contributed by atoms with E-state index >= 15 is 0 Å². The van der Waals surface area contributed by atoms with Crippen molar-refractivity contribution in [1.82, 2.24) is 9.03 Å². The van der Waals surface area contributed by atoms with E-state index in [0.717, 1.165) is 19.1 Å². The van der Waals surface area contributed by atoms with E-state index < -0.39 is 36.8 Å². The molecule has 0 spiro atoms. The quantitative estimate of drug-likeness (QED) is 0.603. The molecule has 1 heterocycles. The highest BCUT2D eigenvalue weighted by Crippen LogP contribution is 2.25. The number of sulfonamides is 2. The van der Waals surface area contributed by atoms with Gasteiger partial charge in [0.05, 0.1) is 6.26 Å². The lowest BCUT2D eigenvalue weighted by atomic mass is 10.1. The maximum absolute atomic E-state index is 12.6. The predicted molar refractivity (Wildman–Crippen MR) is 91.4 cm³/mol. The number of ether oxygens (including phenoxy) is 1. The molecule has 0 aliphatic carbocycles. The first-order valence-corrected chi connectivity index (χ1v) is 11.2. The third kappa shape index (κ3) is 5.40. The van der Waals surface area contributed by atoms with Crippen LogP contribution in [0.25, 0.3) is 0 Å². The van der Waals surface area contributed by atoms with Gasteiger partial charge in [0, 0.05) is 13.1 Å². The number of hydrogen-bond donors (Lipinski definition) is 1. The van der Waals surface area contributed by atoms with Crippen molar-refractivity contribution in [2.75, 3.05) is 26.0 Å². The van der Waals surface area contributed by atoms with Crippen LogP contribution < -0.4 is 4.72 Å². The van der Waals surface area contributed by atoms with Gasteiger partial charge in [0.2, 0.25) is 20.0 Å². The van der Waals surface area contributed by atoms with Gasteiger partial charge >= 0.3 is 5.97 Å². The molecular weight excluding hydrogens is 356 g/mol. The van der Waals surface area contributed by atoms with Gasteiger partial charge in [-0.2, -0.15) is 0 Å². The molecule has 0 bridgehead atoms. The summed E-state index contributed by atoms with van der Waals surface area (Å²) in [6.07, 6.45) is 2.60. The smallest absolute Gasteiger partial charge is 0.324 e. The normalized spacial score (nSPS) is 18.8. The monoisotopic (exact) mass is 384 g/mol. The van der Waals surface area contributed by atoms with Gasteiger partial charge in [0.15, 0.2) is 0 Å². The molecule has 1 fully saturated rings. The standard InChI is InChI=1S/C14H28N2O6S2/c1-11(2)12(15-23(5,18)19)13(17)22-10-14(3,4)24(20,21)16-8-6-7-9-16/h11-12,15H,6-10H2,1-5H3/t12-/m0/s1. The lowest BCUT2D eigenvalue weighted by Crippen LogP contribution is -2.49. The van der Waals surface area contributed by atoms with E-state index in [0.29, 0.717) is 13.1 Å². The highest BCUT2D eigenvalue weighted by Gasteiger charge is 2.42. The molecule has 1 aliphatic rings. The molecule has 10 heteroatoms. The van der Waals surface area contributed by atoms with Crippen LogP contribution in [0.3, 0.4) is 0 Å². The number of nitrogens with one attached hydrogen (secondary N) is 1. The van der Waals surface area contributed by atoms with Crippen LogP contribution in [0, 0.1) is 5.92 Å². The van der Waals surface area contributed by atoms with Gasteiger partial charge in [0.25, 0.3) is 0 Å². The van der Waals surface area contributed by atoms with Gasteiger partial charge in [0.1, 0.15) is 17.4 Å². The molecule has 24 heavy (non-hydrogen) atoms. The highest BCUT2D eigenvalue weighted by atomic mass is 32.2. The zero-order chi connectivity index (χ0) is 18.8. The SMILES string of the molecule is CC(C)[C@H](NS(C)(=O)=O)C(=O)OCC(C)(C)S(=O)(=O)N1CCCC1. The van der Waals surface area contributed by atoms with Crippen molar-refractivity contribution in [1.29, 1.82) is 0 Å². The zero-order valence-corrected chi connectivity index (χ0v) is 16.5. The number of rotatable bonds is 8. The third-order valence-corrected chi connectivity index (χ3v) is 7.17. The van der Waals surface area contributed by atoms with Crippen molar-refractivity contribution in [3.63, 3.8) is 0 Å². The summed E-state index contributed by atoms with van der Waals surface area (Å²) in [5, 5.41) is 0. The first-order valence-electron chi connectivity index (χ1n) is 7.91. The molecule has 1 aliphatic heterocycles. The molecule has 0 aromatic heterocycles. The molecule has 1 rings (SSSR count). The molecule has 0 unspecified atom stereocenters. The highest BCUT2D eigenvalue weighted by molar-refractivity contribution is 7.90. The van der Waals surface area contributed by atoms with Crippen molar-refractivity contribution in [3.05, 3.63) is 0 Å². The van der Waals surface area contributed by atoms with E-state index in [2.05, 4.69) is 4.72 Å². The Kier molecular flexibility index (Phi) is 6.82. The molecule has 8 nitrogen and oxygen atoms in total. The van der Waals surface area contributed by atoms with E-state index in [9.17, 15) is 21.6 Å². The number of nitrogens with zero attached hydrogens (tertiary/aromatic N) is 1. The van der Waals surface area contributed by atoms with E-state index in [1.807, 2.05) is 0 Å². The molecule has 142 valence electrons. The van der Waals surface area contributed by atoms with E-state index in [1.165, 1.54) is 18.2 Å².